The highest BCUT2D eigenvalue weighted by Crippen LogP contribution is 2.26. The van der Waals surface area contributed by atoms with Crippen molar-refractivity contribution in [2.24, 2.45) is 10.8 Å². The Morgan fingerprint density at radius 1 is 1.57 bits per heavy atom. The van der Waals surface area contributed by atoms with Gasteiger partial charge in [0.15, 0.2) is 5.84 Å². The fourth-order valence-corrected chi connectivity index (χ4v) is 1.85. The zero-order chi connectivity index (χ0) is 16.2. The monoisotopic (exact) mass is 312 g/mol. The lowest BCUT2D eigenvalue weighted by molar-refractivity contribution is -0.385. The summed E-state index contributed by atoms with van der Waals surface area (Å²) in [6.45, 7) is 0. The minimum Gasteiger partial charge on any atom is -0.382 e. The van der Waals surface area contributed by atoms with Gasteiger partial charge < -0.3 is 5.73 Å². The molecule has 0 atom stereocenters. The number of rotatable bonds is 5. The molecule has 0 saturated carbocycles. The van der Waals surface area contributed by atoms with Gasteiger partial charge in [-0.25, -0.2) is 0 Å². The number of nitrogens with one attached hydrogen (secondary N) is 2. The number of nitrogens with two attached hydrogens (primary N) is 1. The number of hydrazone groups is 1. The molecule has 12 heteroatoms. The summed E-state index contributed by atoms with van der Waals surface area (Å²) in [6.07, 6.45) is 0. The summed E-state index contributed by atoms with van der Waals surface area (Å²) in [6, 6.07) is 4.03. The van der Waals surface area contributed by atoms with Crippen molar-refractivity contribution in [2.45, 2.75) is 4.90 Å². The number of nitro groups is 1. The molecule has 110 valence electrons. The zero-order valence-corrected chi connectivity index (χ0v) is 11.0. The molecule has 0 unspecified atom stereocenters. The molecular weight excluding hydrogens is 304 g/mol. The third-order valence-corrected chi connectivity index (χ3v) is 3.00. The Kier molecular flexibility index (Phi) is 4.53. The van der Waals surface area contributed by atoms with E-state index in [-0.39, 0.29) is 5.69 Å². The smallest absolute Gasteiger partial charge is 0.296 e. The molecule has 0 bridgehead atoms. The number of nitrogens with zero attached hydrogens (tertiary/aromatic N) is 3. The molecule has 0 aliphatic heterocycles. The molecule has 0 saturated heterocycles. The number of amidine groups is 1. The van der Waals surface area contributed by atoms with Crippen molar-refractivity contribution in [3.8, 4) is 6.07 Å². The normalized spacial score (nSPS) is 11.5. The minimum absolute atomic E-state index is 0.322. The van der Waals surface area contributed by atoms with Crippen LogP contribution in [0.4, 0.5) is 11.4 Å². The number of anilines is 1. The minimum atomic E-state index is -4.77. The van der Waals surface area contributed by atoms with E-state index in [1.807, 2.05) is 0 Å². The summed E-state index contributed by atoms with van der Waals surface area (Å²) in [5.74, 6) is -0.666. The lowest BCUT2D eigenvalue weighted by Gasteiger charge is -2.06. The molecule has 0 spiro atoms. The van der Waals surface area contributed by atoms with E-state index in [1.54, 1.807) is 0 Å². The molecule has 5 N–H and O–H groups in total. The van der Waals surface area contributed by atoms with Gasteiger partial charge in [-0.15, -0.1) is 0 Å². The van der Waals surface area contributed by atoms with Crippen LogP contribution in [0, 0.1) is 26.9 Å². The van der Waals surface area contributed by atoms with Crippen LogP contribution in [0.1, 0.15) is 0 Å². The summed E-state index contributed by atoms with van der Waals surface area (Å²) in [5, 5.41) is 29.6. The zero-order valence-electron chi connectivity index (χ0n) is 10.1. The lowest BCUT2D eigenvalue weighted by atomic mass is 10.3. The van der Waals surface area contributed by atoms with Gasteiger partial charge in [-0.1, -0.05) is 0 Å². The van der Waals surface area contributed by atoms with Crippen LogP contribution in [0.2, 0.25) is 0 Å². The lowest BCUT2D eigenvalue weighted by Crippen LogP contribution is -2.22. The molecular formula is C9H8N6O5S. The molecule has 0 aliphatic rings. The predicted molar refractivity (Wildman–Crippen MR) is 71.5 cm³/mol. The largest absolute Gasteiger partial charge is 0.382 e. The summed E-state index contributed by atoms with van der Waals surface area (Å²) in [5.41, 5.74) is 5.71. The third-order valence-electron chi connectivity index (χ3n) is 2.10. The highest BCUT2D eigenvalue weighted by Gasteiger charge is 2.20. The van der Waals surface area contributed by atoms with Gasteiger partial charge in [-0.3, -0.25) is 25.5 Å². The average Bonchev–Trinajstić information content (AvgIpc) is 2.37. The van der Waals surface area contributed by atoms with Crippen molar-refractivity contribution >= 4 is 33.0 Å². The Morgan fingerprint density at radius 3 is 2.62 bits per heavy atom. The van der Waals surface area contributed by atoms with E-state index >= 15 is 0 Å². The molecule has 0 aromatic heterocycles. The van der Waals surface area contributed by atoms with Crippen molar-refractivity contribution < 1.29 is 17.9 Å². The van der Waals surface area contributed by atoms with Gasteiger partial charge in [0, 0.05) is 12.1 Å². The van der Waals surface area contributed by atoms with E-state index in [0.717, 1.165) is 12.1 Å². The molecule has 0 radical (unpaired) electrons. The number of hydrogen-bond donors (Lipinski definition) is 4. The second kappa shape index (κ2) is 5.94. The first-order valence-corrected chi connectivity index (χ1v) is 6.45. The Balaban J connectivity index is 3.35. The first kappa shape index (κ1) is 16.0. The Morgan fingerprint density at radius 2 is 2.19 bits per heavy atom. The van der Waals surface area contributed by atoms with Crippen molar-refractivity contribution in [2.75, 3.05) is 5.43 Å². The highest BCUT2D eigenvalue weighted by atomic mass is 32.2. The van der Waals surface area contributed by atoms with Gasteiger partial charge in [0.1, 0.15) is 11.0 Å². The van der Waals surface area contributed by atoms with Crippen LogP contribution in [-0.2, 0) is 10.1 Å². The molecule has 0 amide bonds. The number of non-ortho nitro benzene ring substituents is 1. The van der Waals surface area contributed by atoms with Crippen LogP contribution < -0.4 is 11.2 Å². The second-order valence-electron chi connectivity index (χ2n) is 3.51. The quantitative estimate of drug-likeness (QED) is 0.192. The van der Waals surface area contributed by atoms with Crippen LogP contribution in [0.3, 0.4) is 0 Å². The van der Waals surface area contributed by atoms with Crippen LogP contribution in [0.25, 0.3) is 0 Å². The van der Waals surface area contributed by atoms with Crippen molar-refractivity contribution in [3.63, 3.8) is 0 Å². The maximum Gasteiger partial charge on any atom is 0.296 e. The third kappa shape index (κ3) is 3.96. The van der Waals surface area contributed by atoms with Gasteiger partial charge in [-0.2, -0.15) is 18.8 Å². The number of benzene rings is 1. The fraction of sp³-hybridized carbons (Fsp3) is 0. The van der Waals surface area contributed by atoms with E-state index in [4.69, 9.17) is 21.0 Å². The summed E-state index contributed by atoms with van der Waals surface area (Å²) >= 11 is 0. The predicted octanol–water partition coefficient (Wildman–Crippen LogP) is 0.0690. The Bertz CT molecular complexity index is 778. The molecule has 1 rings (SSSR count). The Hall–Kier alpha value is -3.04. The van der Waals surface area contributed by atoms with Crippen LogP contribution in [-0.4, -0.2) is 29.4 Å². The topological polar surface area (TPSA) is 196 Å². The SMILES string of the molecule is N#C/C(=N\Nc1ccc([N+](=O)[O-])cc1S(=O)(=O)O)C(=N)N. The van der Waals surface area contributed by atoms with Crippen molar-refractivity contribution in [3.05, 3.63) is 28.3 Å². The maximum atomic E-state index is 11.2. The molecule has 0 fully saturated rings. The number of nitriles is 1. The van der Waals surface area contributed by atoms with Crippen LogP contribution in [0.5, 0.6) is 0 Å². The van der Waals surface area contributed by atoms with Gasteiger partial charge in [0.05, 0.1) is 10.6 Å². The molecule has 1 aromatic carbocycles. The van der Waals surface area contributed by atoms with E-state index in [1.165, 1.54) is 6.07 Å². The molecule has 0 aliphatic carbocycles. The molecule has 0 heterocycles. The van der Waals surface area contributed by atoms with Gasteiger partial charge >= 0.3 is 0 Å². The Labute approximate surface area is 118 Å². The molecule has 21 heavy (non-hydrogen) atoms. The summed E-state index contributed by atoms with van der Waals surface area (Å²) < 4.78 is 31.4. The number of nitro benzene ring substituents is 1. The van der Waals surface area contributed by atoms with Gasteiger partial charge in [0.25, 0.3) is 15.8 Å². The maximum absolute atomic E-state index is 11.2. The van der Waals surface area contributed by atoms with Gasteiger partial charge in [0.2, 0.25) is 5.71 Å². The second-order valence-corrected chi connectivity index (χ2v) is 4.90. The van der Waals surface area contributed by atoms with Crippen LogP contribution >= 0.6 is 0 Å². The highest BCUT2D eigenvalue weighted by molar-refractivity contribution is 7.86. The molecule has 11 nitrogen and oxygen atoms in total. The van der Waals surface area contributed by atoms with Crippen molar-refractivity contribution in [1.82, 2.24) is 0 Å². The van der Waals surface area contributed by atoms with E-state index in [0.29, 0.717) is 6.07 Å². The van der Waals surface area contributed by atoms with E-state index in [2.05, 4.69) is 10.5 Å². The van der Waals surface area contributed by atoms with Crippen LogP contribution in [0.15, 0.2) is 28.2 Å². The first-order chi connectivity index (χ1) is 9.66. The van der Waals surface area contributed by atoms with Crippen molar-refractivity contribution in [1.29, 1.82) is 10.7 Å². The standard InChI is InChI=1S/C9H8N6O5S/c10-4-7(9(11)12)14-13-6-2-1-5(15(16)17)3-8(6)21(18,19)20/h1-3,13H,(H3,11,12)(H,18,19,20)/b14-7+. The van der Waals surface area contributed by atoms with E-state index < -0.39 is 37.2 Å². The summed E-state index contributed by atoms with van der Waals surface area (Å²) in [4.78, 5) is 8.93. The van der Waals surface area contributed by atoms with Gasteiger partial charge in [-0.05, 0) is 6.07 Å². The first-order valence-electron chi connectivity index (χ1n) is 5.01. The number of hydrogen-bond acceptors (Lipinski definition) is 8. The average molecular weight is 312 g/mol. The van der Waals surface area contributed by atoms with E-state index in [9.17, 15) is 18.5 Å². The summed E-state index contributed by atoms with van der Waals surface area (Å²) in [7, 11) is -4.77. The fourth-order valence-electron chi connectivity index (χ4n) is 1.19. The molecule has 1 aromatic rings.